The van der Waals surface area contributed by atoms with E-state index in [0.29, 0.717) is 12.1 Å². The summed E-state index contributed by atoms with van der Waals surface area (Å²) in [6.45, 7) is 0.363. The van der Waals surface area contributed by atoms with Gasteiger partial charge in [0.05, 0.1) is 12.7 Å². The monoisotopic (exact) mass is 213 g/mol. The van der Waals surface area contributed by atoms with E-state index in [1.54, 1.807) is 24.3 Å². The largest absolute Gasteiger partial charge is 0.496 e. The van der Waals surface area contributed by atoms with Crippen LogP contribution in [0.4, 0.5) is 8.78 Å². The maximum atomic E-state index is 12.6. The van der Waals surface area contributed by atoms with E-state index in [2.05, 4.69) is 0 Å². The minimum Gasteiger partial charge on any atom is -0.496 e. The van der Waals surface area contributed by atoms with Gasteiger partial charge in [-0.2, -0.15) is 0 Å². The Kier molecular flexibility index (Phi) is 4.24. The van der Waals surface area contributed by atoms with Crippen molar-refractivity contribution in [3.63, 3.8) is 0 Å². The van der Waals surface area contributed by atoms with Gasteiger partial charge in [0, 0.05) is 12.1 Å². The highest BCUT2D eigenvalue weighted by Crippen LogP contribution is 2.32. The van der Waals surface area contributed by atoms with Crippen LogP contribution in [0.2, 0.25) is 0 Å². The molecule has 0 heterocycles. The molecule has 1 rings (SSSR count). The molecule has 0 saturated heterocycles. The van der Waals surface area contributed by atoms with Crippen molar-refractivity contribution < 1.29 is 13.5 Å². The third kappa shape index (κ3) is 2.76. The van der Waals surface area contributed by atoms with Crippen LogP contribution >= 0.6 is 0 Å². The molecule has 2 nitrogen and oxygen atoms in total. The highest BCUT2D eigenvalue weighted by atomic mass is 19.3. The molecule has 0 atom stereocenters. The summed E-state index contributed by atoms with van der Waals surface area (Å²) in [5.41, 5.74) is 5.80. The Morgan fingerprint density at radius 2 is 2.20 bits per heavy atom. The highest BCUT2D eigenvalue weighted by molar-refractivity contribution is 5.60. The second kappa shape index (κ2) is 5.46. The van der Waals surface area contributed by atoms with Crippen LogP contribution in [0, 0.1) is 0 Å². The first-order valence-corrected chi connectivity index (χ1v) is 4.52. The van der Waals surface area contributed by atoms with Gasteiger partial charge in [0.1, 0.15) is 5.75 Å². The summed E-state index contributed by atoms with van der Waals surface area (Å²) in [5, 5.41) is 0. The molecule has 0 bridgehead atoms. The summed E-state index contributed by atoms with van der Waals surface area (Å²) in [7, 11) is 1.38. The predicted octanol–water partition coefficient (Wildman–Crippen LogP) is 2.60. The number of benzene rings is 1. The summed E-state index contributed by atoms with van der Waals surface area (Å²) in [6.07, 6.45) is 0.823. The van der Waals surface area contributed by atoms with E-state index in [9.17, 15) is 8.78 Å². The van der Waals surface area contributed by atoms with Crippen molar-refractivity contribution in [2.75, 3.05) is 13.7 Å². The number of ether oxygens (including phenoxy) is 1. The second-order valence-electron chi connectivity index (χ2n) is 2.91. The first-order valence-electron chi connectivity index (χ1n) is 4.52. The number of nitrogens with two attached hydrogens (primary N) is 1. The van der Waals surface area contributed by atoms with E-state index < -0.39 is 6.43 Å². The van der Waals surface area contributed by atoms with Gasteiger partial charge in [-0.3, -0.25) is 0 Å². The fourth-order valence-corrected chi connectivity index (χ4v) is 1.31. The van der Waals surface area contributed by atoms with Crippen molar-refractivity contribution in [3.8, 4) is 5.75 Å². The fourth-order valence-electron chi connectivity index (χ4n) is 1.31. The summed E-state index contributed by atoms with van der Waals surface area (Å²) in [4.78, 5) is 0. The Morgan fingerprint density at radius 3 is 2.73 bits per heavy atom. The van der Waals surface area contributed by atoms with Gasteiger partial charge in [-0.1, -0.05) is 24.3 Å². The Bertz CT molecular complexity index is 350. The van der Waals surface area contributed by atoms with Gasteiger partial charge in [-0.15, -0.1) is 0 Å². The zero-order chi connectivity index (χ0) is 11.3. The molecule has 1 aromatic carbocycles. The number of hydrogen-bond donors (Lipinski definition) is 1. The maximum absolute atomic E-state index is 12.6. The average molecular weight is 213 g/mol. The Morgan fingerprint density at radius 1 is 1.47 bits per heavy atom. The van der Waals surface area contributed by atoms with Crippen molar-refractivity contribution in [2.45, 2.75) is 6.43 Å². The lowest BCUT2D eigenvalue weighted by Crippen LogP contribution is -1.96. The van der Waals surface area contributed by atoms with Crippen molar-refractivity contribution >= 4 is 6.08 Å². The first-order chi connectivity index (χ1) is 7.20. The molecule has 0 aromatic heterocycles. The lowest BCUT2D eigenvalue weighted by atomic mass is 10.1. The number of hydrogen-bond acceptors (Lipinski definition) is 2. The van der Waals surface area contributed by atoms with E-state index in [-0.39, 0.29) is 11.3 Å². The Balaban J connectivity index is 3.16. The van der Waals surface area contributed by atoms with E-state index in [1.165, 1.54) is 13.2 Å². The quantitative estimate of drug-likeness (QED) is 0.834. The second-order valence-corrected chi connectivity index (χ2v) is 2.91. The van der Waals surface area contributed by atoms with Crippen molar-refractivity contribution in [3.05, 3.63) is 35.4 Å². The van der Waals surface area contributed by atoms with Crippen LogP contribution in [0.25, 0.3) is 6.08 Å². The summed E-state index contributed by atoms with van der Waals surface area (Å²) < 4.78 is 30.1. The van der Waals surface area contributed by atoms with E-state index in [0.717, 1.165) is 0 Å². The van der Waals surface area contributed by atoms with Crippen LogP contribution in [0.15, 0.2) is 24.3 Å². The van der Waals surface area contributed by atoms with Gasteiger partial charge in [0.25, 0.3) is 6.43 Å². The SMILES string of the molecule is COc1c(/C=C/CN)cccc1C(F)F. The van der Waals surface area contributed by atoms with Crippen molar-refractivity contribution in [1.82, 2.24) is 0 Å². The van der Waals surface area contributed by atoms with Gasteiger partial charge >= 0.3 is 0 Å². The zero-order valence-electron chi connectivity index (χ0n) is 8.41. The van der Waals surface area contributed by atoms with Crippen LogP contribution in [0.1, 0.15) is 17.6 Å². The normalized spacial score (nSPS) is 11.3. The molecular formula is C11H13F2NO. The average Bonchev–Trinajstić information content (AvgIpc) is 2.25. The summed E-state index contributed by atoms with van der Waals surface area (Å²) in [5.74, 6) is 0.206. The molecule has 0 radical (unpaired) electrons. The lowest BCUT2D eigenvalue weighted by Gasteiger charge is -2.10. The van der Waals surface area contributed by atoms with Gasteiger partial charge in [0.2, 0.25) is 0 Å². The van der Waals surface area contributed by atoms with Crippen molar-refractivity contribution in [1.29, 1.82) is 0 Å². The molecular weight excluding hydrogens is 200 g/mol. The van der Waals surface area contributed by atoms with E-state index >= 15 is 0 Å². The molecule has 0 spiro atoms. The number of rotatable bonds is 4. The molecule has 82 valence electrons. The molecule has 2 N–H and O–H groups in total. The molecule has 0 aliphatic carbocycles. The highest BCUT2D eigenvalue weighted by Gasteiger charge is 2.15. The molecule has 0 fully saturated rings. The molecule has 0 amide bonds. The number of para-hydroxylation sites is 1. The zero-order valence-corrected chi connectivity index (χ0v) is 8.41. The molecule has 4 heteroatoms. The van der Waals surface area contributed by atoms with Crippen LogP contribution in [-0.2, 0) is 0 Å². The van der Waals surface area contributed by atoms with Gasteiger partial charge in [0.15, 0.2) is 0 Å². The summed E-state index contributed by atoms with van der Waals surface area (Å²) >= 11 is 0. The smallest absolute Gasteiger partial charge is 0.267 e. The Hall–Kier alpha value is -1.42. The van der Waals surface area contributed by atoms with Gasteiger partial charge < -0.3 is 10.5 Å². The molecule has 0 unspecified atom stereocenters. The molecule has 15 heavy (non-hydrogen) atoms. The molecule has 0 saturated carbocycles. The van der Waals surface area contributed by atoms with Crippen LogP contribution < -0.4 is 10.5 Å². The fraction of sp³-hybridized carbons (Fsp3) is 0.273. The predicted molar refractivity (Wildman–Crippen MR) is 56.0 cm³/mol. The number of methoxy groups -OCH3 is 1. The van der Waals surface area contributed by atoms with Crippen LogP contribution in [0.5, 0.6) is 5.75 Å². The Labute approximate surface area is 87.4 Å². The molecule has 0 aliphatic rings. The summed E-state index contributed by atoms with van der Waals surface area (Å²) in [6, 6.07) is 4.63. The third-order valence-electron chi connectivity index (χ3n) is 1.95. The van der Waals surface area contributed by atoms with E-state index in [4.69, 9.17) is 10.5 Å². The minimum atomic E-state index is -2.54. The standard InChI is InChI=1S/C11H13F2NO/c1-15-10-8(5-3-7-14)4-2-6-9(10)11(12)13/h2-6,11H,7,14H2,1H3/b5-3+. The molecule has 0 aliphatic heterocycles. The minimum absolute atomic E-state index is 0.100. The molecule has 1 aromatic rings. The number of halogens is 2. The maximum Gasteiger partial charge on any atom is 0.267 e. The van der Waals surface area contributed by atoms with E-state index in [1.807, 2.05) is 0 Å². The topological polar surface area (TPSA) is 35.2 Å². The van der Waals surface area contributed by atoms with Crippen LogP contribution in [-0.4, -0.2) is 13.7 Å². The van der Waals surface area contributed by atoms with Crippen LogP contribution in [0.3, 0.4) is 0 Å². The van der Waals surface area contributed by atoms with Gasteiger partial charge in [-0.05, 0) is 6.07 Å². The lowest BCUT2D eigenvalue weighted by molar-refractivity contribution is 0.147. The van der Waals surface area contributed by atoms with Crippen molar-refractivity contribution in [2.24, 2.45) is 5.73 Å². The number of alkyl halides is 2. The third-order valence-corrected chi connectivity index (χ3v) is 1.95. The first kappa shape index (κ1) is 11.7. The van der Waals surface area contributed by atoms with Gasteiger partial charge in [-0.25, -0.2) is 8.78 Å².